The monoisotopic (exact) mass is 322 g/mol. The van der Waals surface area contributed by atoms with Crippen LogP contribution in [0, 0.1) is 6.92 Å². The summed E-state index contributed by atoms with van der Waals surface area (Å²) >= 11 is 3.26. The van der Waals surface area contributed by atoms with Crippen LogP contribution in [0.4, 0.5) is 5.69 Å². The molecule has 1 aromatic rings. The van der Waals surface area contributed by atoms with Crippen LogP contribution in [0.3, 0.4) is 0 Å². The smallest absolute Gasteiger partial charge is 0.232 e. The molecule has 0 saturated heterocycles. The third-order valence-electron chi connectivity index (χ3n) is 2.05. The van der Waals surface area contributed by atoms with Gasteiger partial charge < -0.3 is 4.74 Å². The van der Waals surface area contributed by atoms with Gasteiger partial charge in [0, 0.05) is 13.7 Å². The standard InChI is InChI=1S/C10H15BrN2O3S/c1-8-6-9(7-12-10(8)11)13-17(14,15)5-3-4-16-2/h6-7,13H,3-5H2,1-2H3. The average Bonchev–Trinajstić information content (AvgIpc) is 2.23. The van der Waals surface area contributed by atoms with Crippen molar-refractivity contribution in [2.75, 3.05) is 24.2 Å². The zero-order valence-corrected chi connectivity index (χ0v) is 12.1. The van der Waals surface area contributed by atoms with Crippen molar-refractivity contribution >= 4 is 31.6 Å². The number of sulfonamides is 1. The normalized spacial score (nSPS) is 11.5. The van der Waals surface area contributed by atoms with E-state index in [1.165, 1.54) is 6.20 Å². The fourth-order valence-electron chi connectivity index (χ4n) is 1.24. The number of pyridine rings is 1. The van der Waals surface area contributed by atoms with Crippen molar-refractivity contribution < 1.29 is 13.2 Å². The first-order valence-electron chi connectivity index (χ1n) is 5.06. The van der Waals surface area contributed by atoms with Gasteiger partial charge in [0.25, 0.3) is 0 Å². The van der Waals surface area contributed by atoms with Crippen molar-refractivity contribution in [2.45, 2.75) is 13.3 Å². The van der Waals surface area contributed by atoms with Crippen LogP contribution in [0.15, 0.2) is 16.9 Å². The van der Waals surface area contributed by atoms with E-state index in [9.17, 15) is 8.42 Å². The van der Waals surface area contributed by atoms with Gasteiger partial charge in [0.05, 0.1) is 17.6 Å². The van der Waals surface area contributed by atoms with Crippen LogP contribution in [-0.2, 0) is 14.8 Å². The van der Waals surface area contributed by atoms with Crippen molar-refractivity contribution in [3.63, 3.8) is 0 Å². The van der Waals surface area contributed by atoms with Crippen LogP contribution in [0.25, 0.3) is 0 Å². The molecule has 0 amide bonds. The number of hydrogen-bond donors (Lipinski definition) is 1. The second kappa shape index (κ2) is 6.32. The van der Waals surface area contributed by atoms with Gasteiger partial charge in [0.2, 0.25) is 10.0 Å². The van der Waals surface area contributed by atoms with Gasteiger partial charge in [0.1, 0.15) is 4.60 Å². The molecule has 1 rings (SSSR count). The second-order valence-electron chi connectivity index (χ2n) is 3.60. The van der Waals surface area contributed by atoms with Gasteiger partial charge in [0.15, 0.2) is 0 Å². The number of methoxy groups -OCH3 is 1. The number of rotatable bonds is 6. The summed E-state index contributed by atoms with van der Waals surface area (Å²) in [5, 5.41) is 0. The predicted molar refractivity (Wildman–Crippen MR) is 70.6 cm³/mol. The largest absolute Gasteiger partial charge is 0.385 e. The Morgan fingerprint density at radius 2 is 2.24 bits per heavy atom. The maximum absolute atomic E-state index is 11.7. The topological polar surface area (TPSA) is 68.3 Å². The number of nitrogens with one attached hydrogen (secondary N) is 1. The Morgan fingerprint density at radius 3 is 2.82 bits per heavy atom. The van der Waals surface area contributed by atoms with E-state index in [1.807, 2.05) is 6.92 Å². The Morgan fingerprint density at radius 1 is 1.53 bits per heavy atom. The Labute approximate surface area is 110 Å². The van der Waals surface area contributed by atoms with E-state index >= 15 is 0 Å². The summed E-state index contributed by atoms with van der Waals surface area (Å²) in [4.78, 5) is 4.02. The lowest BCUT2D eigenvalue weighted by Gasteiger charge is -2.08. The van der Waals surface area contributed by atoms with Crippen molar-refractivity contribution in [1.29, 1.82) is 0 Å². The molecule has 0 radical (unpaired) electrons. The lowest BCUT2D eigenvalue weighted by molar-refractivity contribution is 0.199. The second-order valence-corrected chi connectivity index (χ2v) is 6.19. The molecular weight excluding hydrogens is 308 g/mol. The number of nitrogens with zero attached hydrogens (tertiary/aromatic N) is 1. The molecule has 5 nitrogen and oxygen atoms in total. The molecule has 0 fully saturated rings. The minimum atomic E-state index is -3.32. The zero-order chi connectivity index (χ0) is 12.9. The lowest BCUT2D eigenvalue weighted by Crippen LogP contribution is -2.18. The first kappa shape index (κ1) is 14.4. The van der Waals surface area contributed by atoms with Gasteiger partial charge in [-0.3, -0.25) is 4.72 Å². The summed E-state index contributed by atoms with van der Waals surface area (Å²) < 4.78 is 31.3. The summed E-state index contributed by atoms with van der Waals surface area (Å²) in [5.41, 5.74) is 1.35. The highest BCUT2D eigenvalue weighted by Crippen LogP contribution is 2.17. The molecule has 1 aromatic heterocycles. The number of aryl methyl sites for hydroxylation is 1. The maximum Gasteiger partial charge on any atom is 0.232 e. The zero-order valence-electron chi connectivity index (χ0n) is 9.73. The van der Waals surface area contributed by atoms with Crippen LogP contribution >= 0.6 is 15.9 Å². The molecular formula is C10H15BrN2O3S. The van der Waals surface area contributed by atoms with Crippen molar-refractivity contribution in [3.05, 3.63) is 22.4 Å². The highest BCUT2D eigenvalue weighted by Gasteiger charge is 2.10. The van der Waals surface area contributed by atoms with E-state index in [2.05, 4.69) is 25.6 Å². The van der Waals surface area contributed by atoms with Gasteiger partial charge in [-0.05, 0) is 40.9 Å². The van der Waals surface area contributed by atoms with Crippen molar-refractivity contribution in [1.82, 2.24) is 4.98 Å². The molecule has 0 aromatic carbocycles. The third-order valence-corrected chi connectivity index (χ3v) is 4.25. The van der Waals surface area contributed by atoms with E-state index < -0.39 is 10.0 Å². The highest BCUT2D eigenvalue weighted by molar-refractivity contribution is 9.10. The van der Waals surface area contributed by atoms with Gasteiger partial charge >= 0.3 is 0 Å². The summed E-state index contributed by atoms with van der Waals surface area (Å²) in [6, 6.07) is 1.73. The maximum atomic E-state index is 11.7. The molecule has 7 heteroatoms. The molecule has 1 heterocycles. The number of anilines is 1. The van der Waals surface area contributed by atoms with Gasteiger partial charge in [-0.15, -0.1) is 0 Å². The fraction of sp³-hybridized carbons (Fsp3) is 0.500. The van der Waals surface area contributed by atoms with Crippen LogP contribution < -0.4 is 4.72 Å². The molecule has 0 spiro atoms. The molecule has 0 atom stereocenters. The summed E-state index contributed by atoms with van der Waals surface area (Å²) in [6.45, 7) is 2.28. The molecule has 0 aliphatic carbocycles. The summed E-state index contributed by atoms with van der Waals surface area (Å²) in [6.07, 6.45) is 1.94. The summed E-state index contributed by atoms with van der Waals surface area (Å²) in [7, 11) is -1.78. The lowest BCUT2D eigenvalue weighted by atomic mass is 10.3. The van der Waals surface area contributed by atoms with Crippen molar-refractivity contribution in [3.8, 4) is 0 Å². The molecule has 0 unspecified atom stereocenters. The first-order chi connectivity index (χ1) is 7.94. The van der Waals surface area contributed by atoms with Crippen LogP contribution in [0.1, 0.15) is 12.0 Å². The minimum absolute atomic E-state index is 0.0377. The van der Waals surface area contributed by atoms with E-state index in [0.29, 0.717) is 23.3 Å². The van der Waals surface area contributed by atoms with Gasteiger partial charge in [-0.2, -0.15) is 0 Å². The minimum Gasteiger partial charge on any atom is -0.385 e. The van der Waals surface area contributed by atoms with Crippen LogP contribution in [0.2, 0.25) is 0 Å². The molecule has 96 valence electrons. The number of ether oxygens (including phenoxy) is 1. The summed E-state index contributed by atoms with van der Waals surface area (Å²) in [5.74, 6) is 0.0377. The molecule has 0 bridgehead atoms. The van der Waals surface area contributed by atoms with Gasteiger partial charge in [-0.1, -0.05) is 0 Å². The van der Waals surface area contributed by atoms with Gasteiger partial charge in [-0.25, -0.2) is 13.4 Å². The Balaban J connectivity index is 2.66. The quantitative estimate of drug-likeness (QED) is 0.642. The highest BCUT2D eigenvalue weighted by atomic mass is 79.9. The molecule has 0 saturated carbocycles. The van der Waals surface area contributed by atoms with E-state index in [-0.39, 0.29) is 5.75 Å². The van der Waals surface area contributed by atoms with Crippen LogP contribution in [0.5, 0.6) is 0 Å². The number of hydrogen-bond acceptors (Lipinski definition) is 4. The average molecular weight is 323 g/mol. The Hall–Kier alpha value is -0.660. The van der Waals surface area contributed by atoms with Crippen LogP contribution in [-0.4, -0.2) is 32.9 Å². The molecule has 17 heavy (non-hydrogen) atoms. The Bertz CT molecular complexity index is 476. The van der Waals surface area contributed by atoms with E-state index in [4.69, 9.17) is 4.74 Å². The van der Waals surface area contributed by atoms with E-state index in [1.54, 1.807) is 13.2 Å². The van der Waals surface area contributed by atoms with Crippen molar-refractivity contribution in [2.24, 2.45) is 0 Å². The first-order valence-corrected chi connectivity index (χ1v) is 7.51. The molecule has 0 aliphatic heterocycles. The van der Waals surface area contributed by atoms with E-state index in [0.717, 1.165) is 5.56 Å². The molecule has 1 N–H and O–H groups in total. The SMILES string of the molecule is COCCCS(=O)(=O)Nc1cnc(Br)c(C)c1. The third kappa shape index (κ3) is 5.01. The Kier molecular flexibility index (Phi) is 5.35. The number of aromatic nitrogens is 1. The predicted octanol–water partition coefficient (Wildman–Crippen LogP) is 1.93. The molecule has 0 aliphatic rings. The number of halogens is 1. The fourth-order valence-corrected chi connectivity index (χ4v) is 2.53.